The highest BCUT2D eigenvalue weighted by Crippen LogP contribution is 2.21. The van der Waals surface area contributed by atoms with E-state index in [0.29, 0.717) is 0 Å². The molecule has 0 amide bonds. The van der Waals surface area contributed by atoms with Crippen molar-refractivity contribution in [3.05, 3.63) is 47.0 Å². The van der Waals surface area contributed by atoms with E-state index < -0.39 is 0 Å². The fraction of sp³-hybridized carbons (Fsp3) is 0.286. The quantitative estimate of drug-likeness (QED) is 0.692. The first-order chi connectivity index (χ1) is 7.29. The van der Waals surface area contributed by atoms with Crippen LogP contribution < -0.4 is 0 Å². The molecule has 0 aromatic heterocycles. The van der Waals surface area contributed by atoms with E-state index >= 15 is 0 Å². The Labute approximate surface area is 95.9 Å². The van der Waals surface area contributed by atoms with Gasteiger partial charge in [0.2, 0.25) is 0 Å². The van der Waals surface area contributed by atoms with Crippen LogP contribution in [0.3, 0.4) is 0 Å². The Hall–Kier alpha value is -1.01. The molecule has 15 heavy (non-hydrogen) atoms. The maximum Gasteiger partial charge on any atom is 0.0412 e. The fourth-order valence-corrected chi connectivity index (χ4v) is 1.98. The zero-order valence-corrected chi connectivity index (χ0v) is 9.72. The van der Waals surface area contributed by atoms with Gasteiger partial charge in [-0.3, -0.25) is 0 Å². The summed E-state index contributed by atoms with van der Waals surface area (Å²) in [6.07, 6.45) is 3.69. The normalized spacial score (nSPS) is 10.8. The van der Waals surface area contributed by atoms with Crippen LogP contribution in [-0.4, -0.2) is 0 Å². The van der Waals surface area contributed by atoms with Crippen LogP contribution in [0.4, 0.5) is 0 Å². The van der Waals surface area contributed by atoms with Gasteiger partial charge in [0.25, 0.3) is 0 Å². The number of hydrogen-bond acceptors (Lipinski definition) is 0. The summed E-state index contributed by atoms with van der Waals surface area (Å²) in [6, 6.07) is 12.7. The third-order valence-electron chi connectivity index (χ3n) is 2.69. The maximum atomic E-state index is 5.94. The lowest BCUT2D eigenvalue weighted by atomic mass is 10.0. The van der Waals surface area contributed by atoms with Crippen molar-refractivity contribution >= 4 is 22.4 Å². The molecule has 0 N–H and O–H groups in total. The summed E-state index contributed by atoms with van der Waals surface area (Å²) in [5.74, 6) is 0. The molecule has 2 aromatic carbocycles. The van der Waals surface area contributed by atoms with Crippen LogP contribution in [0.15, 0.2) is 36.4 Å². The third kappa shape index (κ3) is 2.51. The molecule has 0 aliphatic carbocycles. The van der Waals surface area contributed by atoms with E-state index in [4.69, 9.17) is 11.6 Å². The molecule has 0 saturated carbocycles. The Morgan fingerprint density at radius 3 is 2.53 bits per heavy atom. The minimum absolute atomic E-state index is 0.809. The van der Waals surface area contributed by atoms with Gasteiger partial charge in [-0.05, 0) is 41.3 Å². The second kappa shape index (κ2) is 4.67. The molecule has 78 valence electrons. The molecule has 0 unspecified atom stereocenters. The highest BCUT2D eigenvalue weighted by atomic mass is 35.5. The highest BCUT2D eigenvalue weighted by molar-refractivity contribution is 6.31. The van der Waals surface area contributed by atoms with Crippen molar-refractivity contribution < 1.29 is 0 Å². The molecule has 2 aromatic rings. The zero-order valence-electron chi connectivity index (χ0n) is 8.96. The highest BCUT2D eigenvalue weighted by Gasteiger charge is 1.97. The molecule has 0 saturated heterocycles. The van der Waals surface area contributed by atoms with Gasteiger partial charge >= 0.3 is 0 Å². The standard InChI is InChI=1S/C14H15Cl/c1-2-3-4-11-5-6-13-10-14(15)8-7-12(13)9-11/h5-10H,2-4H2,1H3. The SMILES string of the molecule is CCCCc1ccc2cc(Cl)ccc2c1. The number of fused-ring (bicyclic) bond motifs is 1. The minimum atomic E-state index is 0.809. The molecule has 0 fully saturated rings. The van der Waals surface area contributed by atoms with Gasteiger partial charge in [0.1, 0.15) is 0 Å². The Bertz CT molecular complexity index is 460. The molecule has 2 rings (SSSR count). The topological polar surface area (TPSA) is 0 Å². The Balaban J connectivity index is 2.34. The van der Waals surface area contributed by atoms with Crippen LogP contribution in [-0.2, 0) is 6.42 Å². The third-order valence-corrected chi connectivity index (χ3v) is 2.92. The molecule has 0 atom stereocenters. The van der Waals surface area contributed by atoms with E-state index in [1.807, 2.05) is 12.1 Å². The predicted octanol–water partition coefficient (Wildman–Crippen LogP) is 4.84. The van der Waals surface area contributed by atoms with E-state index in [-0.39, 0.29) is 0 Å². The van der Waals surface area contributed by atoms with Crippen LogP contribution in [0.25, 0.3) is 10.8 Å². The Kier molecular flexibility index (Phi) is 3.27. The summed E-state index contributed by atoms with van der Waals surface area (Å²) >= 11 is 5.94. The van der Waals surface area contributed by atoms with E-state index in [2.05, 4.69) is 31.2 Å². The lowest BCUT2D eigenvalue weighted by molar-refractivity contribution is 0.796. The van der Waals surface area contributed by atoms with Gasteiger partial charge in [0.05, 0.1) is 0 Å². The molecule has 0 heterocycles. The largest absolute Gasteiger partial charge is 0.0843 e. The van der Waals surface area contributed by atoms with Crippen molar-refractivity contribution in [1.82, 2.24) is 0 Å². The van der Waals surface area contributed by atoms with Crippen LogP contribution in [0.5, 0.6) is 0 Å². The predicted molar refractivity (Wildman–Crippen MR) is 67.6 cm³/mol. The monoisotopic (exact) mass is 218 g/mol. The first-order valence-corrected chi connectivity index (χ1v) is 5.85. The van der Waals surface area contributed by atoms with Gasteiger partial charge in [0, 0.05) is 5.02 Å². The average molecular weight is 219 g/mol. The Morgan fingerprint density at radius 2 is 1.73 bits per heavy atom. The number of rotatable bonds is 3. The molecular weight excluding hydrogens is 204 g/mol. The van der Waals surface area contributed by atoms with Gasteiger partial charge in [0.15, 0.2) is 0 Å². The molecule has 0 aliphatic rings. The second-order valence-electron chi connectivity index (χ2n) is 3.93. The molecular formula is C14H15Cl. The molecule has 1 heteroatoms. The first-order valence-electron chi connectivity index (χ1n) is 5.48. The molecule has 0 radical (unpaired) electrons. The number of unbranched alkanes of at least 4 members (excludes halogenated alkanes) is 1. The van der Waals surface area contributed by atoms with Gasteiger partial charge in [-0.15, -0.1) is 0 Å². The molecule has 0 spiro atoms. The lowest BCUT2D eigenvalue weighted by Crippen LogP contribution is -1.84. The molecule has 0 nitrogen and oxygen atoms in total. The average Bonchev–Trinajstić information content (AvgIpc) is 2.26. The van der Waals surface area contributed by atoms with Gasteiger partial charge in [-0.1, -0.05) is 49.2 Å². The van der Waals surface area contributed by atoms with Crippen molar-refractivity contribution in [2.45, 2.75) is 26.2 Å². The first kappa shape index (κ1) is 10.5. The number of benzene rings is 2. The Morgan fingerprint density at radius 1 is 1.00 bits per heavy atom. The molecule has 0 bridgehead atoms. The molecule has 0 aliphatic heterocycles. The van der Waals surface area contributed by atoms with Crippen molar-refractivity contribution in [1.29, 1.82) is 0 Å². The van der Waals surface area contributed by atoms with Gasteiger partial charge in [-0.25, -0.2) is 0 Å². The van der Waals surface area contributed by atoms with E-state index in [9.17, 15) is 0 Å². The zero-order chi connectivity index (χ0) is 10.7. The van der Waals surface area contributed by atoms with Gasteiger partial charge < -0.3 is 0 Å². The van der Waals surface area contributed by atoms with Gasteiger partial charge in [-0.2, -0.15) is 0 Å². The minimum Gasteiger partial charge on any atom is -0.0843 e. The lowest BCUT2D eigenvalue weighted by Gasteiger charge is -2.03. The number of halogens is 1. The second-order valence-corrected chi connectivity index (χ2v) is 4.37. The number of aryl methyl sites for hydroxylation is 1. The summed E-state index contributed by atoms with van der Waals surface area (Å²) < 4.78 is 0. The van der Waals surface area contributed by atoms with E-state index in [0.717, 1.165) is 5.02 Å². The summed E-state index contributed by atoms with van der Waals surface area (Å²) in [4.78, 5) is 0. The fourth-order valence-electron chi connectivity index (χ4n) is 1.80. The van der Waals surface area contributed by atoms with Crippen molar-refractivity contribution in [2.24, 2.45) is 0 Å². The van der Waals surface area contributed by atoms with Crippen LogP contribution in [0, 0.1) is 0 Å². The summed E-state index contributed by atoms with van der Waals surface area (Å²) in [5, 5.41) is 3.32. The summed E-state index contributed by atoms with van der Waals surface area (Å²) in [7, 11) is 0. The van der Waals surface area contributed by atoms with Crippen molar-refractivity contribution in [2.75, 3.05) is 0 Å². The summed E-state index contributed by atoms with van der Waals surface area (Å²) in [6.45, 7) is 2.22. The summed E-state index contributed by atoms with van der Waals surface area (Å²) in [5.41, 5.74) is 1.42. The van der Waals surface area contributed by atoms with Crippen LogP contribution >= 0.6 is 11.6 Å². The smallest absolute Gasteiger partial charge is 0.0412 e. The maximum absolute atomic E-state index is 5.94. The van der Waals surface area contributed by atoms with E-state index in [1.165, 1.54) is 35.6 Å². The van der Waals surface area contributed by atoms with Crippen LogP contribution in [0.2, 0.25) is 5.02 Å². The van der Waals surface area contributed by atoms with Crippen LogP contribution in [0.1, 0.15) is 25.3 Å². The van der Waals surface area contributed by atoms with Crippen molar-refractivity contribution in [3.63, 3.8) is 0 Å². The van der Waals surface area contributed by atoms with E-state index in [1.54, 1.807) is 0 Å². The number of hydrogen-bond donors (Lipinski definition) is 0. The van der Waals surface area contributed by atoms with Crippen molar-refractivity contribution in [3.8, 4) is 0 Å².